The number of thiophene rings is 2. The molecular formula is C30H18S2. The van der Waals surface area contributed by atoms with Gasteiger partial charge >= 0.3 is 0 Å². The van der Waals surface area contributed by atoms with E-state index in [1.54, 1.807) is 0 Å². The van der Waals surface area contributed by atoms with Crippen molar-refractivity contribution in [2.24, 2.45) is 0 Å². The largest absolute Gasteiger partial charge is 0.134 e. The van der Waals surface area contributed by atoms with E-state index in [0.29, 0.717) is 0 Å². The second-order valence-electron chi connectivity index (χ2n) is 8.18. The third-order valence-corrected chi connectivity index (χ3v) is 8.83. The van der Waals surface area contributed by atoms with E-state index in [4.69, 9.17) is 0 Å². The predicted octanol–water partition coefficient (Wildman–Crippen LogP) is 9.76. The monoisotopic (exact) mass is 442 g/mol. The summed E-state index contributed by atoms with van der Waals surface area (Å²) in [5, 5.41) is 5.45. The minimum Gasteiger partial charge on any atom is -0.134 e. The van der Waals surface area contributed by atoms with Gasteiger partial charge < -0.3 is 0 Å². The first-order chi connectivity index (χ1) is 15.8. The molecule has 0 saturated carbocycles. The maximum atomic E-state index is 2.36. The van der Waals surface area contributed by atoms with Crippen LogP contribution < -0.4 is 0 Å². The third-order valence-electron chi connectivity index (χ3n) is 6.29. The standard InChI is InChI=1S/C30H18S2/c1-3-7-19(8-4-1)21-11-15-27-25(17-21)23-13-14-24-26-18-22(20-9-5-2-6-10-20)12-16-28(26)32-30(24)29(23)31-27/h1-18H. The van der Waals surface area contributed by atoms with Crippen molar-refractivity contribution in [1.82, 2.24) is 0 Å². The van der Waals surface area contributed by atoms with Crippen LogP contribution in [0.25, 0.3) is 62.6 Å². The van der Waals surface area contributed by atoms with Crippen LogP contribution in [0.4, 0.5) is 0 Å². The van der Waals surface area contributed by atoms with Gasteiger partial charge in [0, 0.05) is 30.9 Å². The summed E-state index contributed by atoms with van der Waals surface area (Å²) < 4.78 is 5.53. The molecule has 0 nitrogen and oxygen atoms in total. The van der Waals surface area contributed by atoms with Gasteiger partial charge in [-0.1, -0.05) is 84.9 Å². The molecule has 7 rings (SSSR count). The molecule has 7 aromatic rings. The molecule has 0 spiro atoms. The van der Waals surface area contributed by atoms with Gasteiger partial charge in [-0.15, -0.1) is 22.7 Å². The van der Waals surface area contributed by atoms with Gasteiger partial charge in [-0.2, -0.15) is 0 Å². The van der Waals surface area contributed by atoms with Crippen molar-refractivity contribution in [3.8, 4) is 22.3 Å². The highest BCUT2D eigenvalue weighted by molar-refractivity contribution is 7.33. The molecule has 0 atom stereocenters. The van der Waals surface area contributed by atoms with Crippen LogP contribution in [0.1, 0.15) is 0 Å². The molecule has 0 unspecified atom stereocenters. The second-order valence-corrected chi connectivity index (χ2v) is 10.3. The maximum Gasteiger partial charge on any atom is 0.0534 e. The molecule has 0 N–H and O–H groups in total. The third kappa shape index (κ3) is 2.74. The molecule has 0 aliphatic heterocycles. The van der Waals surface area contributed by atoms with Crippen molar-refractivity contribution in [2.75, 3.05) is 0 Å². The summed E-state index contributed by atoms with van der Waals surface area (Å²) in [6.45, 7) is 0. The number of hydrogen-bond acceptors (Lipinski definition) is 2. The minimum atomic E-state index is 1.27. The molecule has 5 aromatic carbocycles. The molecule has 32 heavy (non-hydrogen) atoms. The van der Waals surface area contributed by atoms with Crippen LogP contribution in [0.3, 0.4) is 0 Å². The number of rotatable bonds is 2. The number of fused-ring (bicyclic) bond motifs is 7. The van der Waals surface area contributed by atoms with E-state index in [2.05, 4.69) is 109 Å². The van der Waals surface area contributed by atoms with Crippen LogP contribution in [0.2, 0.25) is 0 Å². The van der Waals surface area contributed by atoms with Crippen LogP contribution >= 0.6 is 22.7 Å². The molecule has 0 amide bonds. The van der Waals surface area contributed by atoms with Gasteiger partial charge in [-0.25, -0.2) is 0 Å². The van der Waals surface area contributed by atoms with E-state index >= 15 is 0 Å². The SMILES string of the molecule is c1ccc(-c2ccc3sc4c(ccc5c6cc(-c7ccccc7)ccc6sc54)c3c2)cc1. The summed E-state index contributed by atoms with van der Waals surface area (Å²) in [5.74, 6) is 0. The van der Waals surface area contributed by atoms with Gasteiger partial charge in [0.25, 0.3) is 0 Å². The van der Waals surface area contributed by atoms with Gasteiger partial charge in [0.1, 0.15) is 0 Å². The fraction of sp³-hybridized carbons (Fsp3) is 0. The van der Waals surface area contributed by atoms with Crippen LogP contribution in [-0.4, -0.2) is 0 Å². The van der Waals surface area contributed by atoms with E-state index in [-0.39, 0.29) is 0 Å². The fourth-order valence-electron chi connectivity index (χ4n) is 4.69. The molecule has 0 bridgehead atoms. The average molecular weight is 443 g/mol. The molecule has 0 saturated heterocycles. The second kappa shape index (κ2) is 7.03. The van der Waals surface area contributed by atoms with Crippen molar-refractivity contribution >= 4 is 63.0 Å². The quantitative estimate of drug-likeness (QED) is 0.250. The predicted molar refractivity (Wildman–Crippen MR) is 143 cm³/mol. The molecule has 0 radical (unpaired) electrons. The highest BCUT2D eigenvalue weighted by atomic mass is 32.1. The lowest BCUT2D eigenvalue weighted by molar-refractivity contribution is 1.66. The van der Waals surface area contributed by atoms with Crippen molar-refractivity contribution in [3.05, 3.63) is 109 Å². The zero-order valence-corrected chi connectivity index (χ0v) is 18.8. The van der Waals surface area contributed by atoms with Gasteiger partial charge in [-0.05, 0) is 46.5 Å². The molecule has 0 aliphatic rings. The molecule has 150 valence electrons. The van der Waals surface area contributed by atoms with E-state index in [0.717, 1.165) is 0 Å². The first kappa shape index (κ1) is 18.1. The van der Waals surface area contributed by atoms with Crippen molar-refractivity contribution in [3.63, 3.8) is 0 Å². The Morgan fingerprint density at radius 1 is 0.344 bits per heavy atom. The highest BCUT2D eigenvalue weighted by Crippen LogP contribution is 2.45. The van der Waals surface area contributed by atoms with Crippen molar-refractivity contribution in [1.29, 1.82) is 0 Å². The first-order valence-electron chi connectivity index (χ1n) is 10.8. The smallest absolute Gasteiger partial charge is 0.0534 e. The molecule has 2 heteroatoms. The minimum absolute atomic E-state index is 1.27. The Morgan fingerprint density at radius 2 is 0.781 bits per heavy atom. The zero-order chi connectivity index (χ0) is 21.1. The summed E-state index contributed by atoms with van der Waals surface area (Å²) >= 11 is 3.84. The Hall–Kier alpha value is -3.46. The van der Waals surface area contributed by atoms with Crippen LogP contribution in [0, 0.1) is 0 Å². The van der Waals surface area contributed by atoms with Gasteiger partial charge in [0.05, 0.1) is 9.40 Å². The Balaban J connectivity index is 1.47. The van der Waals surface area contributed by atoms with Crippen LogP contribution in [0.5, 0.6) is 0 Å². The molecule has 2 heterocycles. The highest BCUT2D eigenvalue weighted by Gasteiger charge is 2.14. The number of benzene rings is 5. The Kier molecular flexibility index (Phi) is 3.98. The normalized spacial score (nSPS) is 11.8. The summed E-state index contributed by atoms with van der Waals surface area (Å²) in [6.07, 6.45) is 0. The van der Waals surface area contributed by atoms with Gasteiger partial charge in [0.2, 0.25) is 0 Å². The van der Waals surface area contributed by atoms with E-state index in [1.165, 1.54) is 62.6 Å². The van der Waals surface area contributed by atoms with Crippen LogP contribution in [0.15, 0.2) is 109 Å². The topological polar surface area (TPSA) is 0 Å². The Bertz CT molecular complexity index is 1620. The molecule has 0 aliphatic carbocycles. The Labute approximate surface area is 194 Å². The van der Waals surface area contributed by atoms with Crippen LogP contribution in [-0.2, 0) is 0 Å². The van der Waals surface area contributed by atoms with E-state index in [1.807, 2.05) is 22.7 Å². The lowest BCUT2D eigenvalue weighted by Gasteiger charge is -2.02. The molecule has 2 aromatic heterocycles. The Morgan fingerprint density at radius 3 is 1.22 bits per heavy atom. The van der Waals surface area contributed by atoms with Crippen molar-refractivity contribution < 1.29 is 0 Å². The fourth-order valence-corrected chi connectivity index (χ4v) is 7.19. The van der Waals surface area contributed by atoms with Crippen molar-refractivity contribution in [2.45, 2.75) is 0 Å². The lowest BCUT2D eigenvalue weighted by atomic mass is 10.0. The summed E-state index contributed by atoms with van der Waals surface area (Å²) in [6, 6.07) is 39.8. The zero-order valence-electron chi connectivity index (χ0n) is 17.2. The van der Waals surface area contributed by atoms with Gasteiger partial charge in [-0.3, -0.25) is 0 Å². The van der Waals surface area contributed by atoms with E-state index in [9.17, 15) is 0 Å². The first-order valence-corrected chi connectivity index (χ1v) is 12.4. The lowest BCUT2D eigenvalue weighted by Crippen LogP contribution is -1.77. The summed E-state index contributed by atoms with van der Waals surface area (Å²) in [5.41, 5.74) is 5.10. The van der Waals surface area contributed by atoms with Gasteiger partial charge in [0.15, 0.2) is 0 Å². The average Bonchev–Trinajstić information content (AvgIpc) is 3.42. The number of hydrogen-bond donors (Lipinski definition) is 0. The van der Waals surface area contributed by atoms with E-state index < -0.39 is 0 Å². The molecule has 0 fully saturated rings. The molecular weight excluding hydrogens is 424 g/mol. The maximum absolute atomic E-state index is 2.36. The summed E-state index contributed by atoms with van der Waals surface area (Å²) in [7, 11) is 0. The summed E-state index contributed by atoms with van der Waals surface area (Å²) in [4.78, 5) is 0.